The monoisotopic (exact) mass is 522 g/mol. The van der Waals surface area contributed by atoms with Crippen molar-refractivity contribution in [3.05, 3.63) is 102 Å². The van der Waals surface area contributed by atoms with Gasteiger partial charge in [-0.25, -0.2) is 9.97 Å². The van der Waals surface area contributed by atoms with Crippen molar-refractivity contribution >= 4 is 17.5 Å². The molecule has 8 nitrogen and oxygen atoms in total. The molecule has 1 aromatic heterocycles. The van der Waals surface area contributed by atoms with E-state index >= 15 is 0 Å². The molecule has 39 heavy (non-hydrogen) atoms. The fourth-order valence-corrected chi connectivity index (χ4v) is 4.45. The van der Waals surface area contributed by atoms with E-state index in [1.54, 1.807) is 47.6 Å². The van der Waals surface area contributed by atoms with Gasteiger partial charge in [0.05, 0.1) is 12.3 Å². The van der Waals surface area contributed by atoms with Gasteiger partial charge < -0.3 is 19.3 Å². The number of ketones is 1. The average molecular weight is 523 g/mol. The van der Waals surface area contributed by atoms with Crippen molar-refractivity contribution in [2.24, 2.45) is 0 Å². The molecule has 1 aliphatic heterocycles. The minimum Gasteiger partial charge on any atom is -0.494 e. The Hall–Kier alpha value is -4.72. The zero-order valence-electron chi connectivity index (χ0n) is 21.8. The second-order valence-electron chi connectivity index (χ2n) is 9.09. The quantitative estimate of drug-likeness (QED) is 0.299. The van der Waals surface area contributed by atoms with Crippen LogP contribution in [-0.4, -0.2) is 66.0 Å². The lowest BCUT2D eigenvalue weighted by Gasteiger charge is -2.35. The molecule has 0 spiro atoms. The molecule has 0 bridgehead atoms. The van der Waals surface area contributed by atoms with E-state index in [9.17, 15) is 9.59 Å². The third-order valence-corrected chi connectivity index (χ3v) is 6.58. The molecule has 0 radical (unpaired) electrons. The first-order valence-electron chi connectivity index (χ1n) is 13.0. The van der Waals surface area contributed by atoms with Crippen LogP contribution in [0.4, 0.5) is 5.82 Å². The lowest BCUT2D eigenvalue weighted by atomic mass is 10.0. The van der Waals surface area contributed by atoms with Crippen molar-refractivity contribution in [2.45, 2.75) is 6.92 Å². The van der Waals surface area contributed by atoms with E-state index < -0.39 is 0 Å². The summed E-state index contributed by atoms with van der Waals surface area (Å²) in [5.41, 5.74) is 3.04. The molecule has 0 aliphatic carbocycles. The van der Waals surface area contributed by atoms with Gasteiger partial charge in [0.25, 0.3) is 5.91 Å². The number of hydrogen-bond donors (Lipinski definition) is 0. The lowest BCUT2D eigenvalue weighted by Crippen LogP contribution is -2.50. The summed E-state index contributed by atoms with van der Waals surface area (Å²) in [5, 5.41) is 0. The zero-order chi connectivity index (χ0) is 27.0. The number of piperazine rings is 1. The molecule has 0 N–H and O–H groups in total. The summed E-state index contributed by atoms with van der Waals surface area (Å²) in [4.78, 5) is 38.2. The topological polar surface area (TPSA) is 84.9 Å². The highest BCUT2D eigenvalue weighted by atomic mass is 16.5. The fourth-order valence-electron chi connectivity index (χ4n) is 4.45. The first-order valence-corrected chi connectivity index (χ1v) is 13.0. The number of hydrogen-bond acceptors (Lipinski definition) is 7. The van der Waals surface area contributed by atoms with Crippen molar-refractivity contribution < 1.29 is 19.1 Å². The van der Waals surface area contributed by atoms with Crippen LogP contribution in [0.2, 0.25) is 0 Å². The van der Waals surface area contributed by atoms with Gasteiger partial charge in [-0.3, -0.25) is 9.59 Å². The first-order chi connectivity index (χ1) is 19.1. The molecular weight excluding hydrogens is 492 g/mol. The normalized spacial score (nSPS) is 13.2. The van der Waals surface area contributed by atoms with Crippen molar-refractivity contribution in [3.63, 3.8) is 0 Å². The maximum Gasteiger partial charge on any atom is 0.260 e. The molecule has 1 aliphatic rings. The third-order valence-electron chi connectivity index (χ3n) is 6.58. The molecule has 0 atom stereocenters. The summed E-state index contributed by atoms with van der Waals surface area (Å²) in [7, 11) is 0. The van der Waals surface area contributed by atoms with E-state index in [1.807, 2.05) is 55.5 Å². The Kier molecular flexibility index (Phi) is 8.12. The molecule has 0 saturated carbocycles. The zero-order valence-corrected chi connectivity index (χ0v) is 21.8. The van der Waals surface area contributed by atoms with Crippen LogP contribution in [0.25, 0.3) is 11.3 Å². The maximum absolute atomic E-state index is 12.8. The highest BCUT2D eigenvalue weighted by Gasteiger charge is 2.22. The molecule has 2 heterocycles. The van der Waals surface area contributed by atoms with Gasteiger partial charge in [0.2, 0.25) is 0 Å². The van der Waals surface area contributed by atoms with E-state index in [-0.39, 0.29) is 18.3 Å². The molecule has 4 aromatic rings. The smallest absolute Gasteiger partial charge is 0.260 e. The summed E-state index contributed by atoms with van der Waals surface area (Å²) in [6.45, 7) is 5.03. The van der Waals surface area contributed by atoms with Crippen LogP contribution in [0, 0.1) is 0 Å². The van der Waals surface area contributed by atoms with Gasteiger partial charge in [0.15, 0.2) is 12.4 Å². The molecule has 1 saturated heterocycles. The minimum absolute atomic E-state index is 0.0496. The number of carbonyl (C=O) groups is 2. The van der Waals surface area contributed by atoms with Crippen LogP contribution in [-0.2, 0) is 4.79 Å². The maximum atomic E-state index is 12.8. The number of nitrogens with zero attached hydrogens (tertiary/aromatic N) is 4. The van der Waals surface area contributed by atoms with E-state index in [1.165, 1.54) is 0 Å². The highest BCUT2D eigenvalue weighted by molar-refractivity contribution is 6.09. The van der Waals surface area contributed by atoms with Gasteiger partial charge in [0, 0.05) is 48.9 Å². The summed E-state index contributed by atoms with van der Waals surface area (Å²) in [6.07, 6.45) is 1.57. The predicted molar refractivity (Wildman–Crippen MR) is 149 cm³/mol. The number of aromatic nitrogens is 2. The standard InChI is InChI=1S/C31H30N4O4/c1-2-38-26-12-8-23(9-13-26)28-20-29(33-22-32-28)34-16-18-35(19-17-34)30(36)21-39-27-14-10-25(11-15-27)31(37)24-6-4-3-5-7-24/h3-15,20,22H,2,16-19,21H2,1H3. The largest absolute Gasteiger partial charge is 0.494 e. The number of carbonyl (C=O) groups excluding carboxylic acids is 2. The second-order valence-corrected chi connectivity index (χ2v) is 9.09. The first kappa shape index (κ1) is 25.9. The lowest BCUT2D eigenvalue weighted by molar-refractivity contribution is -0.133. The van der Waals surface area contributed by atoms with E-state index in [0.717, 1.165) is 22.8 Å². The van der Waals surface area contributed by atoms with Gasteiger partial charge in [-0.05, 0) is 55.5 Å². The van der Waals surface area contributed by atoms with Crippen molar-refractivity contribution in [3.8, 4) is 22.8 Å². The number of rotatable bonds is 9. The van der Waals surface area contributed by atoms with Crippen LogP contribution in [0.1, 0.15) is 22.8 Å². The molecule has 8 heteroatoms. The Labute approximate surface area is 227 Å². The third kappa shape index (κ3) is 6.41. The predicted octanol–water partition coefficient (Wildman–Crippen LogP) is 4.50. The molecule has 198 valence electrons. The van der Waals surface area contributed by atoms with Crippen LogP contribution >= 0.6 is 0 Å². The summed E-state index contributed by atoms with van der Waals surface area (Å²) in [5.74, 6) is 2.09. The summed E-state index contributed by atoms with van der Waals surface area (Å²) >= 11 is 0. The molecule has 1 fully saturated rings. The van der Waals surface area contributed by atoms with Gasteiger partial charge in [-0.1, -0.05) is 30.3 Å². The van der Waals surface area contributed by atoms with Crippen LogP contribution in [0.15, 0.2) is 91.3 Å². The van der Waals surface area contributed by atoms with E-state index in [4.69, 9.17) is 9.47 Å². The Morgan fingerprint density at radius 3 is 2.10 bits per heavy atom. The van der Waals surface area contributed by atoms with Crippen LogP contribution < -0.4 is 14.4 Å². The summed E-state index contributed by atoms with van der Waals surface area (Å²) in [6, 6.07) is 25.8. The molecule has 1 amide bonds. The van der Waals surface area contributed by atoms with Crippen molar-refractivity contribution in [1.82, 2.24) is 14.9 Å². The van der Waals surface area contributed by atoms with Crippen molar-refractivity contribution in [1.29, 1.82) is 0 Å². The Morgan fingerprint density at radius 2 is 1.41 bits per heavy atom. The number of anilines is 1. The minimum atomic E-state index is -0.0724. The van der Waals surface area contributed by atoms with Crippen LogP contribution in [0.3, 0.4) is 0 Å². The SMILES string of the molecule is CCOc1ccc(-c2cc(N3CCN(C(=O)COc4ccc(C(=O)c5ccccc5)cc4)CC3)ncn2)cc1. The Morgan fingerprint density at radius 1 is 0.769 bits per heavy atom. The highest BCUT2D eigenvalue weighted by Crippen LogP contribution is 2.24. The van der Waals surface area contributed by atoms with Gasteiger partial charge >= 0.3 is 0 Å². The van der Waals surface area contributed by atoms with E-state index in [2.05, 4.69) is 14.9 Å². The molecular formula is C31H30N4O4. The number of ether oxygens (including phenoxy) is 2. The molecule has 3 aromatic carbocycles. The van der Waals surface area contributed by atoms with Gasteiger partial charge in [0.1, 0.15) is 23.6 Å². The number of benzene rings is 3. The Bertz CT molecular complexity index is 1400. The average Bonchev–Trinajstić information content (AvgIpc) is 3.01. The summed E-state index contributed by atoms with van der Waals surface area (Å²) < 4.78 is 11.2. The molecule has 5 rings (SSSR count). The van der Waals surface area contributed by atoms with E-state index in [0.29, 0.717) is 49.7 Å². The van der Waals surface area contributed by atoms with Gasteiger partial charge in [-0.15, -0.1) is 0 Å². The van der Waals surface area contributed by atoms with Crippen molar-refractivity contribution in [2.75, 3.05) is 44.3 Å². The number of amides is 1. The second kappa shape index (κ2) is 12.2. The fraction of sp³-hybridized carbons (Fsp3) is 0.226. The Balaban J connectivity index is 1.12. The van der Waals surface area contributed by atoms with Crippen LogP contribution in [0.5, 0.6) is 11.5 Å². The molecule has 0 unspecified atom stereocenters. The van der Waals surface area contributed by atoms with Gasteiger partial charge in [-0.2, -0.15) is 0 Å².